The van der Waals surface area contributed by atoms with E-state index in [2.05, 4.69) is 20.3 Å². The molecule has 20 heavy (non-hydrogen) atoms. The molecule has 0 unspecified atom stereocenters. The SMILES string of the molecule is CN(Cc1ccncc1)c1ncc(CNC2CC2)cn1. The smallest absolute Gasteiger partial charge is 0.225 e. The second kappa shape index (κ2) is 5.96. The van der Waals surface area contributed by atoms with Gasteiger partial charge in [0.1, 0.15) is 0 Å². The molecule has 0 saturated heterocycles. The molecule has 3 rings (SSSR count). The third-order valence-corrected chi connectivity index (χ3v) is 3.37. The van der Waals surface area contributed by atoms with E-state index in [1.807, 2.05) is 36.5 Å². The molecule has 1 saturated carbocycles. The van der Waals surface area contributed by atoms with Gasteiger partial charge in [-0.3, -0.25) is 4.98 Å². The first-order valence-corrected chi connectivity index (χ1v) is 6.95. The van der Waals surface area contributed by atoms with Gasteiger partial charge >= 0.3 is 0 Å². The van der Waals surface area contributed by atoms with E-state index in [4.69, 9.17) is 0 Å². The van der Waals surface area contributed by atoms with Gasteiger partial charge in [-0.05, 0) is 30.5 Å². The molecule has 0 bridgehead atoms. The highest BCUT2D eigenvalue weighted by Gasteiger charge is 2.20. The van der Waals surface area contributed by atoms with Gasteiger partial charge in [-0.15, -0.1) is 0 Å². The average molecular weight is 269 g/mol. The number of nitrogens with one attached hydrogen (secondary N) is 1. The highest BCUT2D eigenvalue weighted by Crippen LogP contribution is 2.19. The van der Waals surface area contributed by atoms with Crippen LogP contribution in [0, 0.1) is 0 Å². The lowest BCUT2D eigenvalue weighted by Gasteiger charge is -2.17. The van der Waals surface area contributed by atoms with Crippen molar-refractivity contribution in [3.8, 4) is 0 Å². The largest absolute Gasteiger partial charge is 0.340 e. The van der Waals surface area contributed by atoms with E-state index in [0.29, 0.717) is 6.04 Å². The first-order chi connectivity index (χ1) is 9.81. The van der Waals surface area contributed by atoms with Crippen molar-refractivity contribution < 1.29 is 0 Å². The molecule has 5 nitrogen and oxygen atoms in total. The Kier molecular flexibility index (Phi) is 3.87. The summed E-state index contributed by atoms with van der Waals surface area (Å²) in [6.45, 7) is 1.64. The van der Waals surface area contributed by atoms with E-state index in [0.717, 1.165) is 24.6 Å². The van der Waals surface area contributed by atoms with Crippen LogP contribution in [0.15, 0.2) is 36.9 Å². The van der Waals surface area contributed by atoms with Crippen LogP contribution in [-0.4, -0.2) is 28.0 Å². The molecule has 2 heterocycles. The Morgan fingerprint density at radius 1 is 1.15 bits per heavy atom. The summed E-state index contributed by atoms with van der Waals surface area (Å²) in [6.07, 6.45) is 10.0. The second-order valence-electron chi connectivity index (χ2n) is 5.26. The fourth-order valence-corrected chi connectivity index (χ4v) is 2.02. The highest BCUT2D eigenvalue weighted by molar-refractivity contribution is 5.30. The fourth-order valence-electron chi connectivity index (χ4n) is 2.02. The van der Waals surface area contributed by atoms with Gasteiger partial charge in [-0.1, -0.05) is 0 Å². The quantitative estimate of drug-likeness (QED) is 0.866. The zero-order chi connectivity index (χ0) is 13.8. The van der Waals surface area contributed by atoms with Crippen LogP contribution in [-0.2, 0) is 13.1 Å². The molecule has 5 heteroatoms. The molecule has 0 spiro atoms. The van der Waals surface area contributed by atoms with E-state index in [1.165, 1.54) is 18.4 Å². The molecule has 0 aliphatic heterocycles. The Morgan fingerprint density at radius 3 is 2.50 bits per heavy atom. The fraction of sp³-hybridized carbons (Fsp3) is 0.400. The zero-order valence-corrected chi connectivity index (χ0v) is 11.7. The molecule has 1 aliphatic carbocycles. The summed E-state index contributed by atoms with van der Waals surface area (Å²) in [7, 11) is 2.00. The van der Waals surface area contributed by atoms with Crippen molar-refractivity contribution in [1.82, 2.24) is 20.3 Å². The maximum Gasteiger partial charge on any atom is 0.225 e. The van der Waals surface area contributed by atoms with Gasteiger partial charge in [0.15, 0.2) is 0 Å². The van der Waals surface area contributed by atoms with Crippen molar-refractivity contribution in [3.63, 3.8) is 0 Å². The minimum Gasteiger partial charge on any atom is -0.340 e. The average Bonchev–Trinajstić information content (AvgIpc) is 3.31. The van der Waals surface area contributed by atoms with Gasteiger partial charge in [0.05, 0.1) is 0 Å². The Hall–Kier alpha value is -2.01. The normalized spacial score (nSPS) is 14.2. The predicted molar refractivity (Wildman–Crippen MR) is 78.2 cm³/mol. The molecule has 2 aromatic heterocycles. The number of anilines is 1. The molecule has 0 atom stereocenters. The van der Waals surface area contributed by atoms with Crippen molar-refractivity contribution in [2.45, 2.75) is 32.0 Å². The van der Waals surface area contributed by atoms with Crippen LogP contribution in [0.5, 0.6) is 0 Å². The van der Waals surface area contributed by atoms with Crippen LogP contribution in [0.2, 0.25) is 0 Å². The number of aromatic nitrogens is 3. The van der Waals surface area contributed by atoms with Crippen molar-refractivity contribution in [1.29, 1.82) is 0 Å². The molecule has 2 aromatic rings. The van der Waals surface area contributed by atoms with Gasteiger partial charge < -0.3 is 10.2 Å². The minimum absolute atomic E-state index is 0.712. The standard InChI is InChI=1S/C15H19N5/c1-20(11-12-4-6-16-7-5-12)15-18-9-13(10-19-15)8-17-14-2-3-14/h4-7,9-10,14,17H,2-3,8,11H2,1H3. The number of hydrogen-bond donors (Lipinski definition) is 1. The van der Waals surface area contributed by atoms with Gasteiger partial charge in [0, 0.05) is 56.5 Å². The van der Waals surface area contributed by atoms with E-state index in [-0.39, 0.29) is 0 Å². The Balaban J connectivity index is 1.58. The van der Waals surface area contributed by atoms with Crippen LogP contribution in [0.1, 0.15) is 24.0 Å². The van der Waals surface area contributed by atoms with Crippen LogP contribution >= 0.6 is 0 Å². The molecule has 0 radical (unpaired) electrons. The molecular formula is C15H19N5. The van der Waals surface area contributed by atoms with Crippen molar-refractivity contribution in [3.05, 3.63) is 48.0 Å². The summed E-state index contributed by atoms with van der Waals surface area (Å²) < 4.78 is 0. The molecule has 1 N–H and O–H groups in total. The first-order valence-electron chi connectivity index (χ1n) is 6.95. The number of pyridine rings is 1. The number of nitrogens with zero attached hydrogens (tertiary/aromatic N) is 4. The third kappa shape index (κ3) is 3.51. The predicted octanol–water partition coefficient (Wildman–Crippen LogP) is 1.76. The van der Waals surface area contributed by atoms with E-state index < -0.39 is 0 Å². The number of hydrogen-bond acceptors (Lipinski definition) is 5. The summed E-state index contributed by atoms with van der Waals surface area (Å²) in [6, 6.07) is 4.72. The summed E-state index contributed by atoms with van der Waals surface area (Å²) in [5.74, 6) is 0.747. The monoisotopic (exact) mass is 269 g/mol. The molecular weight excluding hydrogens is 250 g/mol. The van der Waals surface area contributed by atoms with Gasteiger partial charge in [-0.25, -0.2) is 9.97 Å². The van der Waals surface area contributed by atoms with E-state index in [9.17, 15) is 0 Å². The third-order valence-electron chi connectivity index (χ3n) is 3.37. The maximum absolute atomic E-state index is 4.43. The first kappa shape index (κ1) is 13.0. The minimum atomic E-state index is 0.712. The second-order valence-corrected chi connectivity index (χ2v) is 5.26. The summed E-state index contributed by atoms with van der Waals surface area (Å²) in [5, 5.41) is 3.46. The summed E-state index contributed by atoms with van der Waals surface area (Å²) >= 11 is 0. The molecule has 0 amide bonds. The van der Waals surface area contributed by atoms with Crippen molar-refractivity contribution in [2.75, 3.05) is 11.9 Å². The summed E-state index contributed by atoms with van der Waals surface area (Å²) in [4.78, 5) is 14.9. The highest BCUT2D eigenvalue weighted by atomic mass is 15.2. The molecule has 1 aliphatic rings. The van der Waals surface area contributed by atoms with Crippen molar-refractivity contribution >= 4 is 5.95 Å². The van der Waals surface area contributed by atoms with Gasteiger partial charge in [-0.2, -0.15) is 0 Å². The summed E-state index contributed by atoms with van der Waals surface area (Å²) in [5.41, 5.74) is 2.34. The Bertz CT molecular complexity index is 536. The Morgan fingerprint density at radius 2 is 1.85 bits per heavy atom. The number of rotatable bonds is 6. The molecule has 1 fully saturated rings. The zero-order valence-electron chi connectivity index (χ0n) is 11.7. The van der Waals surface area contributed by atoms with E-state index >= 15 is 0 Å². The van der Waals surface area contributed by atoms with Crippen LogP contribution in [0.25, 0.3) is 0 Å². The van der Waals surface area contributed by atoms with Crippen LogP contribution in [0.4, 0.5) is 5.95 Å². The van der Waals surface area contributed by atoms with E-state index in [1.54, 1.807) is 12.4 Å². The van der Waals surface area contributed by atoms with Gasteiger partial charge in [0.2, 0.25) is 5.95 Å². The lowest BCUT2D eigenvalue weighted by atomic mass is 10.2. The topological polar surface area (TPSA) is 53.9 Å². The lowest BCUT2D eigenvalue weighted by molar-refractivity contribution is 0.682. The van der Waals surface area contributed by atoms with Crippen LogP contribution < -0.4 is 10.2 Å². The molecule has 0 aromatic carbocycles. The van der Waals surface area contributed by atoms with Crippen molar-refractivity contribution in [2.24, 2.45) is 0 Å². The van der Waals surface area contributed by atoms with Crippen LogP contribution in [0.3, 0.4) is 0 Å². The maximum atomic E-state index is 4.43. The Labute approximate surface area is 119 Å². The van der Waals surface area contributed by atoms with Gasteiger partial charge in [0.25, 0.3) is 0 Å². The molecule has 104 valence electrons. The lowest BCUT2D eigenvalue weighted by Crippen LogP contribution is -2.20.